The fraction of sp³-hybridized carbons (Fsp3) is 0.915. The molecule has 1 N–H and O–H groups in total. The molecule has 76 heavy (non-hydrogen) atoms. The highest BCUT2D eigenvalue weighted by Gasteiger charge is 2.16. The first-order valence-electron chi connectivity index (χ1n) is 34.9. The van der Waals surface area contributed by atoms with Crippen molar-refractivity contribution in [3.05, 3.63) is 24.3 Å². The largest absolute Gasteiger partial charge is 0.462 e. The molecule has 0 bridgehead atoms. The summed E-state index contributed by atoms with van der Waals surface area (Å²) in [6.45, 7) is 4.21. The number of carbonyl (C=O) groups excluding carboxylic acids is 2. The Hall–Kier alpha value is -1.62. The lowest BCUT2D eigenvalue weighted by Crippen LogP contribution is -2.28. The molecule has 5 heteroatoms. The van der Waals surface area contributed by atoms with Crippen LogP contribution in [0.1, 0.15) is 399 Å². The average molecular weight is 1070 g/mol. The van der Waals surface area contributed by atoms with Gasteiger partial charge in [0, 0.05) is 12.8 Å². The van der Waals surface area contributed by atoms with Gasteiger partial charge in [0.05, 0.1) is 6.61 Å². The molecule has 5 nitrogen and oxygen atoms in total. The zero-order chi connectivity index (χ0) is 54.8. The van der Waals surface area contributed by atoms with E-state index in [0.29, 0.717) is 12.8 Å². The zero-order valence-electron chi connectivity index (χ0n) is 51.8. The fourth-order valence-corrected chi connectivity index (χ4v) is 11.0. The highest BCUT2D eigenvalue weighted by atomic mass is 16.6. The minimum Gasteiger partial charge on any atom is -0.462 e. The quantitative estimate of drug-likeness (QED) is 0.0373. The van der Waals surface area contributed by atoms with Crippen LogP contribution in [-0.4, -0.2) is 36.4 Å². The molecule has 1 unspecified atom stereocenters. The smallest absolute Gasteiger partial charge is 0.306 e. The number of allylic oxidation sites excluding steroid dienone is 4. The minimum absolute atomic E-state index is 0.0582. The van der Waals surface area contributed by atoms with Crippen molar-refractivity contribution in [3.63, 3.8) is 0 Å². The SMILES string of the molecule is CCCCCCCCCC/C=C\CCCCCCCCCCCCCCCCCCCCCC(=O)OCC(CO)OC(=O)CCCCCCCCCCCCCCCCCCCCC/C=C\CCCCCCCCCC. The third kappa shape index (κ3) is 64.9. The van der Waals surface area contributed by atoms with Gasteiger partial charge in [0.15, 0.2) is 6.10 Å². The van der Waals surface area contributed by atoms with Crippen LogP contribution >= 0.6 is 0 Å². The second-order valence-electron chi connectivity index (χ2n) is 24.0. The van der Waals surface area contributed by atoms with Gasteiger partial charge in [0.1, 0.15) is 6.61 Å². The molecule has 0 spiro atoms. The molecule has 0 radical (unpaired) electrons. The van der Waals surface area contributed by atoms with E-state index in [-0.39, 0.29) is 25.2 Å². The third-order valence-electron chi connectivity index (χ3n) is 16.2. The zero-order valence-corrected chi connectivity index (χ0v) is 51.8. The Morgan fingerprint density at radius 1 is 0.289 bits per heavy atom. The molecular weight excluding hydrogens is 933 g/mol. The molecule has 0 amide bonds. The third-order valence-corrected chi connectivity index (χ3v) is 16.2. The Bertz CT molecular complexity index is 1160. The summed E-state index contributed by atoms with van der Waals surface area (Å²) in [6.07, 6.45) is 87.9. The van der Waals surface area contributed by atoms with Crippen molar-refractivity contribution in [1.29, 1.82) is 0 Å². The summed E-state index contributed by atoms with van der Waals surface area (Å²) in [7, 11) is 0. The van der Waals surface area contributed by atoms with E-state index in [1.807, 2.05) is 0 Å². The first-order valence-corrected chi connectivity index (χ1v) is 34.9. The van der Waals surface area contributed by atoms with Gasteiger partial charge in [0.2, 0.25) is 0 Å². The molecule has 0 aromatic rings. The van der Waals surface area contributed by atoms with E-state index >= 15 is 0 Å². The van der Waals surface area contributed by atoms with E-state index in [2.05, 4.69) is 38.2 Å². The number of hydrogen-bond donors (Lipinski definition) is 1. The van der Waals surface area contributed by atoms with Crippen LogP contribution in [0.25, 0.3) is 0 Å². The molecule has 0 heterocycles. The van der Waals surface area contributed by atoms with Crippen molar-refractivity contribution < 1.29 is 24.2 Å². The van der Waals surface area contributed by atoms with E-state index < -0.39 is 6.10 Å². The van der Waals surface area contributed by atoms with Gasteiger partial charge in [-0.1, -0.05) is 346 Å². The van der Waals surface area contributed by atoms with Gasteiger partial charge < -0.3 is 14.6 Å². The number of hydrogen-bond acceptors (Lipinski definition) is 5. The molecule has 0 saturated heterocycles. The molecule has 0 aromatic carbocycles. The van der Waals surface area contributed by atoms with E-state index in [0.717, 1.165) is 32.1 Å². The minimum atomic E-state index is -0.769. The number of ether oxygens (including phenoxy) is 2. The molecule has 0 aliphatic rings. The Kier molecular flexibility index (Phi) is 66.2. The summed E-state index contributed by atoms with van der Waals surface area (Å²) in [4.78, 5) is 24.6. The van der Waals surface area contributed by atoms with Gasteiger partial charge in [-0.05, 0) is 64.2 Å². The van der Waals surface area contributed by atoms with Gasteiger partial charge in [-0.3, -0.25) is 9.59 Å². The molecule has 0 rings (SSSR count). The predicted octanol–water partition coefficient (Wildman–Crippen LogP) is 24.0. The standard InChI is InChI=1S/C71H136O5/c1-3-5-7-9-11-13-15-17-19-21-23-25-27-29-31-33-35-37-39-41-43-45-47-49-51-53-55-57-59-61-63-65-70(73)75-68-69(67-72)76-71(74)66-64-62-60-58-56-54-52-50-48-46-44-42-40-38-36-34-32-30-28-26-24-22-20-18-16-14-12-10-8-6-4-2/h21-24,69,72H,3-20,25-68H2,1-2H3/b23-21-,24-22-. The van der Waals surface area contributed by atoms with Gasteiger partial charge >= 0.3 is 11.9 Å². The van der Waals surface area contributed by atoms with Crippen molar-refractivity contribution in [2.45, 2.75) is 405 Å². The number of rotatable bonds is 66. The Labute approximate surface area is 476 Å². The number of carbonyl (C=O) groups is 2. The second kappa shape index (κ2) is 67.7. The molecule has 1 atom stereocenters. The van der Waals surface area contributed by atoms with Crippen LogP contribution in [0.15, 0.2) is 24.3 Å². The highest BCUT2D eigenvalue weighted by Crippen LogP contribution is 2.19. The average Bonchev–Trinajstić information content (AvgIpc) is 3.42. The lowest BCUT2D eigenvalue weighted by molar-refractivity contribution is -0.161. The summed E-state index contributed by atoms with van der Waals surface area (Å²) in [5, 5.41) is 9.70. The summed E-state index contributed by atoms with van der Waals surface area (Å²) in [6, 6.07) is 0. The Morgan fingerprint density at radius 2 is 0.487 bits per heavy atom. The maximum absolute atomic E-state index is 12.4. The molecule has 0 fully saturated rings. The first kappa shape index (κ1) is 74.4. The predicted molar refractivity (Wildman–Crippen MR) is 335 cm³/mol. The van der Waals surface area contributed by atoms with Crippen LogP contribution in [0.3, 0.4) is 0 Å². The van der Waals surface area contributed by atoms with Crippen molar-refractivity contribution in [3.8, 4) is 0 Å². The van der Waals surface area contributed by atoms with Crippen LogP contribution in [-0.2, 0) is 19.1 Å². The Balaban J connectivity index is 3.38. The summed E-state index contributed by atoms with van der Waals surface area (Å²) >= 11 is 0. The molecule has 0 aromatic heterocycles. The first-order chi connectivity index (χ1) is 37.6. The molecule has 0 saturated carbocycles. The van der Waals surface area contributed by atoms with E-state index in [9.17, 15) is 14.7 Å². The lowest BCUT2D eigenvalue weighted by Gasteiger charge is -2.15. The lowest BCUT2D eigenvalue weighted by atomic mass is 10.0. The number of unbranched alkanes of at least 4 members (excludes halogenated alkanes) is 54. The number of aliphatic hydroxyl groups is 1. The molecule has 450 valence electrons. The van der Waals surface area contributed by atoms with Crippen molar-refractivity contribution in [1.82, 2.24) is 0 Å². The van der Waals surface area contributed by atoms with Crippen LogP contribution in [0.2, 0.25) is 0 Å². The summed E-state index contributed by atoms with van der Waals surface area (Å²) in [5.74, 6) is -0.564. The fourth-order valence-electron chi connectivity index (χ4n) is 11.0. The monoisotopic (exact) mass is 1070 g/mol. The van der Waals surface area contributed by atoms with Crippen LogP contribution in [0.4, 0.5) is 0 Å². The van der Waals surface area contributed by atoms with Crippen LogP contribution < -0.4 is 0 Å². The van der Waals surface area contributed by atoms with Crippen molar-refractivity contribution >= 4 is 11.9 Å². The topological polar surface area (TPSA) is 72.8 Å². The second-order valence-corrected chi connectivity index (χ2v) is 24.0. The van der Waals surface area contributed by atoms with Crippen molar-refractivity contribution in [2.24, 2.45) is 0 Å². The van der Waals surface area contributed by atoms with Crippen molar-refractivity contribution in [2.75, 3.05) is 13.2 Å². The van der Waals surface area contributed by atoms with Gasteiger partial charge in [0.25, 0.3) is 0 Å². The van der Waals surface area contributed by atoms with Crippen LogP contribution in [0.5, 0.6) is 0 Å². The normalized spacial score (nSPS) is 12.2. The maximum Gasteiger partial charge on any atom is 0.306 e. The maximum atomic E-state index is 12.4. The number of esters is 2. The summed E-state index contributed by atoms with van der Waals surface area (Å²) in [5.41, 5.74) is 0. The Morgan fingerprint density at radius 3 is 0.711 bits per heavy atom. The highest BCUT2D eigenvalue weighted by molar-refractivity contribution is 5.70. The van der Waals surface area contributed by atoms with E-state index in [1.54, 1.807) is 0 Å². The molecule has 0 aliphatic heterocycles. The number of aliphatic hydroxyl groups excluding tert-OH is 1. The van der Waals surface area contributed by atoms with Gasteiger partial charge in [-0.25, -0.2) is 0 Å². The van der Waals surface area contributed by atoms with E-state index in [1.165, 1.54) is 340 Å². The molecular formula is C71H136O5. The van der Waals surface area contributed by atoms with Gasteiger partial charge in [-0.2, -0.15) is 0 Å². The summed E-state index contributed by atoms with van der Waals surface area (Å²) < 4.78 is 10.8. The van der Waals surface area contributed by atoms with E-state index in [4.69, 9.17) is 9.47 Å². The van der Waals surface area contributed by atoms with Gasteiger partial charge in [-0.15, -0.1) is 0 Å². The van der Waals surface area contributed by atoms with Crippen LogP contribution in [0, 0.1) is 0 Å². The molecule has 0 aliphatic carbocycles.